The Morgan fingerprint density at radius 3 is 2.43 bits per heavy atom. The van der Waals surface area contributed by atoms with Crippen LogP contribution in [-0.4, -0.2) is 65.3 Å². The van der Waals surface area contributed by atoms with Crippen LogP contribution < -0.4 is 5.32 Å². The van der Waals surface area contributed by atoms with Gasteiger partial charge in [-0.2, -0.15) is 0 Å². The molecule has 1 aromatic carbocycles. The summed E-state index contributed by atoms with van der Waals surface area (Å²) in [6.45, 7) is 3.57. The highest BCUT2D eigenvalue weighted by Gasteiger charge is 2.38. The van der Waals surface area contributed by atoms with Gasteiger partial charge in [0.25, 0.3) is 11.6 Å². The van der Waals surface area contributed by atoms with E-state index in [9.17, 15) is 19.7 Å². The van der Waals surface area contributed by atoms with Crippen molar-refractivity contribution >= 4 is 29.9 Å². The minimum Gasteiger partial charge on any atom is -0.341 e. The lowest BCUT2D eigenvalue weighted by Crippen LogP contribution is -2.51. The zero-order valence-corrected chi connectivity index (χ0v) is 17.0. The topological polar surface area (TPSA) is 95.8 Å². The van der Waals surface area contributed by atoms with Crippen LogP contribution in [0.1, 0.15) is 41.6 Å². The Morgan fingerprint density at radius 2 is 1.86 bits per heavy atom. The third-order valence-electron chi connectivity index (χ3n) is 5.65. The summed E-state index contributed by atoms with van der Waals surface area (Å²) in [5, 5.41) is 14.2. The molecule has 2 aliphatic rings. The lowest BCUT2D eigenvalue weighted by atomic mass is 10.0. The van der Waals surface area contributed by atoms with Crippen molar-refractivity contribution in [3.8, 4) is 0 Å². The number of nitrogens with zero attached hydrogens (tertiary/aromatic N) is 3. The number of carbonyl (C=O) groups is 2. The maximum atomic E-state index is 13.0. The number of benzene rings is 1. The van der Waals surface area contributed by atoms with Crippen molar-refractivity contribution in [3.63, 3.8) is 0 Å². The smallest absolute Gasteiger partial charge is 0.272 e. The van der Waals surface area contributed by atoms with Gasteiger partial charge in [-0.05, 0) is 51.8 Å². The number of amides is 2. The summed E-state index contributed by atoms with van der Waals surface area (Å²) in [6, 6.07) is 4.39. The fraction of sp³-hybridized carbons (Fsp3) is 0.579. The minimum atomic E-state index is -0.458. The molecule has 8 nitrogen and oxygen atoms in total. The van der Waals surface area contributed by atoms with Crippen LogP contribution in [0.15, 0.2) is 18.2 Å². The monoisotopic (exact) mass is 410 g/mol. The average molecular weight is 411 g/mol. The molecule has 0 aliphatic carbocycles. The molecule has 0 radical (unpaired) electrons. The van der Waals surface area contributed by atoms with E-state index in [1.165, 1.54) is 12.1 Å². The van der Waals surface area contributed by atoms with E-state index in [4.69, 9.17) is 0 Å². The first-order chi connectivity index (χ1) is 12.9. The van der Waals surface area contributed by atoms with Crippen LogP contribution >= 0.6 is 12.4 Å². The van der Waals surface area contributed by atoms with Gasteiger partial charge in [-0.3, -0.25) is 19.7 Å². The molecule has 0 spiro atoms. The first-order valence-electron chi connectivity index (χ1n) is 9.44. The predicted molar refractivity (Wildman–Crippen MR) is 108 cm³/mol. The zero-order valence-electron chi connectivity index (χ0n) is 16.2. The number of carbonyl (C=O) groups excluding carboxylic acids is 2. The molecular formula is C19H27ClN4O4. The lowest BCUT2D eigenvalue weighted by Gasteiger charge is -2.35. The van der Waals surface area contributed by atoms with E-state index < -0.39 is 11.0 Å². The van der Waals surface area contributed by atoms with E-state index in [0.29, 0.717) is 43.2 Å². The van der Waals surface area contributed by atoms with Crippen LogP contribution in [0.5, 0.6) is 0 Å². The van der Waals surface area contributed by atoms with E-state index in [1.54, 1.807) is 17.9 Å². The Labute approximate surface area is 170 Å². The molecule has 9 heteroatoms. The Morgan fingerprint density at radius 1 is 1.18 bits per heavy atom. The number of nitrogens with one attached hydrogen (secondary N) is 1. The van der Waals surface area contributed by atoms with Crippen LogP contribution in [0.2, 0.25) is 0 Å². The van der Waals surface area contributed by atoms with Gasteiger partial charge in [-0.1, -0.05) is 0 Å². The molecule has 1 aromatic rings. The number of piperidine rings is 1. The minimum absolute atomic E-state index is 0. The highest BCUT2D eigenvalue weighted by molar-refractivity contribution is 5.98. The second-order valence-electron chi connectivity index (χ2n) is 7.30. The molecule has 154 valence electrons. The summed E-state index contributed by atoms with van der Waals surface area (Å²) in [5.74, 6) is -0.206. The van der Waals surface area contributed by atoms with Gasteiger partial charge < -0.3 is 15.1 Å². The third kappa shape index (κ3) is 4.44. The van der Waals surface area contributed by atoms with E-state index in [-0.39, 0.29) is 29.9 Å². The van der Waals surface area contributed by atoms with Gasteiger partial charge in [0.05, 0.1) is 4.92 Å². The molecule has 0 aromatic heterocycles. The molecule has 2 heterocycles. The number of likely N-dealkylation sites (tertiary alicyclic amines) is 2. The number of hydrogen-bond acceptors (Lipinski definition) is 5. The van der Waals surface area contributed by atoms with Gasteiger partial charge in [0, 0.05) is 42.9 Å². The normalized spacial score (nSPS) is 20.0. The first-order valence-corrected chi connectivity index (χ1v) is 9.44. The average Bonchev–Trinajstić information content (AvgIpc) is 3.16. The van der Waals surface area contributed by atoms with Crippen LogP contribution in [0.25, 0.3) is 0 Å². The standard InChI is InChI=1S/C19H26N4O4.ClH/c1-13-12-14(5-6-16(13)23(26)27)18(24)22-9-3-4-17(22)19(25)21-10-7-15(20-2)8-11-21;/h5-6,12,15,17,20H,3-4,7-11H2,1-2H3;1H. The molecule has 0 bridgehead atoms. The fourth-order valence-electron chi connectivity index (χ4n) is 4.02. The van der Waals surface area contributed by atoms with Gasteiger partial charge >= 0.3 is 0 Å². The number of rotatable bonds is 4. The molecule has 2 fully saturated rings. The van der Waals surface area contributed by atoms with Crippen molar-refractivity contribution < 1.29 is 14.5 Å². The van der Waals surface area contributed by atoms with Crippen molar-refractivity contribution in [1.29, 1.82) is 0 Å². The highest BCUT2D eigenvalue weighted by atomic mass is 35.5. The van der Waals surface area contributed by atoms with E-state index in [0.717, 1.165) is 19.3 Å². The van der Waals surface area contributed by atoms with Crippen molar-refractivity contribution in [2.75, 3.05) is 26.7 Å². The van der Waals surface area contributed by atoms with E-state index >= 15 is 0 Å². The molecule has 1 N–H and O–H groups in total. The summed E-state index contributed by atoms with van der Waals surface area (Å²) in [5.41, 5.74) is 0.835. The Kier molecular flexibility index (Phi) is 7.37. The Hall–Kier alpha value is -2.19. The third-order valence-corrected chi connectivity index (χ3v) is 5.65. The summed E-state index contributed by atoms with van der Waals surface area (Å²) in [7, 11) is 1.94. The molecule has 3 rings (SSSR count). The summed E-state index contributed by atoms with van der Waals surface area (Å²) < 4.78 is 0. The van der Waals surface area contributed by atoms with Gasteiger partial charge in [0.1, 0.15) is 6.04 Å². The Bertz CT molecular complexity index is 749. The number of nitro benzene ring substituents is 1. The van der Waals surface area contributed by atoms with Gasteiger partial charge in [-0.15, -0.1) is 12.4 Å². The number of halogens is 1. The number of nitro groups is 1. The molecular weight excluding hydrogens is 384 g/mol. The maximum Gasteiger partial charge on any atom is 0.272 e. The molecule has 2 saturated heterocycles. The van der Waals surface area contributed by atoms with Crippen LogP contribution in [-0.2, 0) is 4.79 Å². The molecule has 1 unspecified atom stereocenters. The van der Waals surface area contributed by atoms with Crippen LogP contribution in [0.3, 0.4) is 0 Å². The van der Waals surface area contributed by atoms with Gasteiger partial charge in [0.15, 0.2) is 0 Å². The lowest BCUT2D eigenvalue weighted by molar-refractivity contribution is -0.385. The summed E-state index contributed by atoms with van der Waals surface area (Å²) in [6.07, 6.45) is 3.30. The molecule has 2 aliphatic heterocycles. The largest absolute Gasteiger partial charge is 0.341 e. The number of aryl methyl sites for hydroxylation is 1. The van der Waals surface area contributed by atoms with Gasteiger partial charge in [-0.25, -0.2) is 0 Å². The van der Waals surface area contributed by atoms with Crippen molar-refractivity contribution in [1.82, 2.24) is 15.1 Å². The molecule has 2 amide bonds. The molecule has 28 heavy (non-hydrogen) atoms. The maximum absolute atomic E-state index is 13.0. The summed E-state index contributed by atoms with van der Waals surface area (Å²) in [4.78, 5) is 39.9. The van der Waals surface area contributed by atoms with Crippen LogP contribution in [0, 0.1) is 17.0 Å². The quantitative estimate of drug-likeness (QED) is 0.606. The second-order valence-corrected chi connectivity index (χ2v) is 7.30. The highest BCUT2D eigenvalue weighted by Crippen LogP contribution is 2.25. The molecule has 1 atom stereocenters. The SMILES string of the molecule is CNC1CCN(C(=O)C2CCCN2C(=O)c2ccc([N+](=O)[O-])c(C)c2)CC1.Cl. The zero-order chi connectivity index (χ0) is 19.6. The predicted octanol–water partition coefficient (Wildman–Crippen LogP) is 2.14. The van der Waals surface area contributed by atoms with Crippen LogP contribution in [0.4, 0.5) is 5.69 Å². The first kappa shape index (κ1) is 22.1. The second kappa shape index (κ2) is 9.34. The van der Waals surface area contributed by atoms with Gasteiger partial charge in [0.2, 0.25) is 5.91 Å². The van der Waals surface area contributed by atoms with Crippen molar-refractivity contribution in [3.05, 3.63) is 39.4 Å². The summed E-state index contributed by atoms with van der Waals surface area (Å²) >= 11 is 0. The van der Waals surface area contributed by atoms with E-state index in [2.05, 4.69) is 5.32 Å². The van der Waals surface area contributed by atoms with E-state index in [1.807, 2.05) is 11.9 Å². The van der Waals surface area contributed by atoms with Crippen molar-refractivity contribution in [2.45, 2.75) is 44.7 Å². The Balaban J connectivity index is 0.00000280. The number of hydrogen-bond donors (Lipinski definition) is 1. The molecule has 0 saturated carbocycles. The fourth-order valence-corrected chi connectivity index (χ4v) is 4.02. The van der Waals surface area contributed by atoms with Crippen molar-refractivity contribution in [2.24, 2.45) is 0 Å².